The molecule has 0 saturated carbocycles. The molecular weight excluding hydrogens is 608 g/mol. The Kier molecular flexibility index (Phi) is 9.17. The third-order valence-corrected chi connectivity index (χ3v) is 7.45. The van der Waals surface area contributed by atoms with E-state index >= 15 is 0 Å². The third kappa shape index (κ3) is 6.90. The highest BCUT2D eigenvalue weighted by Crippen LogP contribution is 2.40. The van der Waals surface area contributed by atoms with E-state index in [-0.39, 0.29) is 37.3 Å². The largest absolute Gasteiger partial charge is 0.456 e. The molecule has 4 rings (SSSR count). The van der Waals surface area contributed by atoms with Crippen LogP contribution < -0.4 is 21.3 Å². The lowest BCUT2D eigenvalue weighted by molar-refractivity contribution is -0.146. The SMILES string of the molecule is CC(OC(=O)/C=C/C(=O)OC(C)[C@@H](N)N1CCc2cc(F)c(C(F)(F)F)cc21)[C@@H](N)N1CCc2cc(F)c(C(F)(F)F)cc21. The molecule has 0 bridgehead atoms. The minimum Gasteiger partial charge on any atom is -0.456 e. The van der Waals surface area contributed by atoms with Crippen LogP contribution in [-0.2, 0) is 44.3 Å². The molecule has 2 aromatic rings. The first-order valence-electron chi connectivity index (χ1n) is 13.3. The van der Waals surface area contributed by atoms with Crippen LogP contribution in [0.1, 0.15) is 36.1 Å². The van der Waals surface area contributed by atoms with Gasteiger partial charge in [0.1, 0.15) is 36.2 Å². The summed E-state index contributed by atoms with van der Waals surface area (Å²) in [4.78, 5) is 27.3. The van der Waals surface area contributed by atoms with Gasteiger partial charge in [-0.25, -0.2) is 18.4 Å². The summed E-state index contributed by atoms with van der Waals surface area (Å²) in [6.45, 7) is 3.05. The molecule has 2 aliphatic heterocycles. The highest BCUT2D eigenvalue weighted by atomic mass is 19.4. The molecule has 8 nitrogen and oxygen atoms in total. The van der Waals surface area contributed by atoms with Gasteiger partial charge in [0.15, 0.2) is 0 Å². The van der Waals surface area contributed by atoms with E-state index < -0.39 is 71.6 Å². The third-order valence-electron chi connectivity index (χ3n) is 7.45. The normalized spacial score (nSPS) is 17.7. The van der Waals surface area contributed by atoms with E-state index in [4.69, 9.17) is 20.9 Å². The maximum atomic E-state index is 13.9. The molecule has 2 aliphatic rings. The predicted molar refractivity (Wildman–Crippen MR) is 141 cm³/mol. The Morgan fingerprint density at radius 2 is 1.07 bits per heavy atom. The Morgan fingerprint density at radius 3 is 1.39 bits per heavy atom. The average molecular weight is 637 g/mol. The van der Waals surface area contributed by atoms with E-state index in [9.17, 15) is 44.7 Å². The molecule has 2 unspecified atom stereocenters. The monoisotopic (exact) mass is 636 g/mol. The number of nitrogens with zero attached hydrogens (tertiary/aromatic N) is 2. The molecule has 16 heteroatoms. The number of halogens is 8. The Bertz CT molecular complexity index is 1360. The van der Waals surface area contributed by atoms with Gasteiger partial charge in [-0.15, -0.1) is 0 Å². The molecule has 0 saturated heterocycles. The summed E-state index contributed by atoms with van der Waals surface area (Å²) >= 11 is 0. The number of esters is 2. The molecule has 4 atom stereocenters. The van der Waals surface area contributed by atoms with Gasteiger partial charge in [0.05, 0.1) is 11.1 Å². The van der Waals surface area contributed by atoms with E-state index in [1.807, 2.05) is 0 Å². The van der Waals surface area contributed by atoms with Crippen molar-refractivity contribution in [3.8, 4) is 0 Å². The number of nitrogens with two attached hydrogens (primary N) is 2. The molecule has 240 valence electrons. The van der Waals surface area contributed by atoms with E-state index in [0.717, 1.165) is 24.3 Å². The second-order valence-corrected chi connectivity index (χ2v) is 10.4. The Balaban J connectivity index is 1.33. The van der Waals surface area contributed by atoms with Crippen LogP contribution in [0.4, 0.5) is 46.5 Å². The number of anilines is 2. The quantitative estimate of drug-likeness (QED) is 0.249. The highest BCUT2D eigenvalue weighted by molar-refractivity contribution is 5.91. The van der Waals surface area contributed by atoms with Crippen LogP contribution in [0.5, 0.6) is 0 Å². The van der Waals surface area contributed by atoms with Crippen molar-refractivity contribution < 1.29 is 54.2 Å². The Labute approximate surface area is 246 Å². The maximum absolute atomic E-state index is 13.9. The van der Waals surface area contributed by atoms with Crippen molar-refractivity contribution in [1.82, 2.24) is 0 Å². The lowest BCUT2D eigenvalue weighted by atomic mass is 10.1. The minimum absolute atomic E-state index is 0.0546. The number of ether oxygens (including phenoxy) is 2. The van der Waals surface area contributed by atoms with E-state index in [1.165, 1.54) is 23.6 Å². The zero-order valence-corrected chi connectivity index (χ0v) is 23.3. The zero-order valence-electron chi connectivity index (χ0n) is 23.3. The fourth-order valence-electron chi connectivity index (χ4n) is 5.15. The van der Waals surface area contributed by atoms with Crippen LogP contribution in [-0.4, -0.2) is 49.6 Å². The van der Waals surface area contributed by atoms with Gasteiger partial charge < -0.3 is 30.7 Å². The summed E-state index contributed by atoms with van der Waals surface area (Å²) in [6, 6.07) is 2.90. The number of carbonyl (C=O) groups excluding carboxylic acids is 2. The van der Waals surface area contributed by atoms with Crippen molar-refractivity contribution in [3.05, 3.63) is 70.3 Å². The van der Waals surface area contributed by atoms with Gasteiger partial charge in [0.2, 0.25) is 0 Å². The zero-order chi connectivity index (χ0) is 32.7. The van der Waals surface area contributed by atoms with Gasteiger partial charge in [0, 0.05) is 36.6 Å². The average Bonchev–Trinajstić information content (AvgIpc) is 3.52. The van der Waals surface area contributed by atoms with Crippen LogP contribution in [0.2, 0.25) is 0 Å². The van der Waals surface area contributed by atoms with E-state index in [2.05, 4.69) is 0 Å². The van der Waals surface area contributed by atoms with Gasteiger partial charge in [-0.05, 0) is 62.1 Å². The summed E-state index contributed by atoms with van der Waals surface area (Å²) in [5.41, 5.74) is 10.1. The first kappa shape index (κ1) is 33.0. The smallest absolute Gasteiger partial charge is 0.419 e. The molecule has 4 N–H and O–H groups in total. The number of benzene rings is 2. The molecule has 0 spiro atoms. The lowest BCUT2D eigenvalue weighted by Crippen LogP contribution is -2.50. The maximum Gasteiger partial charge on any atom is 0.419 e. The van der Waals surface area contributed by atoms with Crippen molar-refractivity contribution in [2.45, 2.75) is 63.6 Å². The Morgan fingerprint density at radius 1 is 0.727 bits per heavy atom. The molecule has 0 aromatic heterocycles. The summed E-state index contributed by atoms with van der Waals surface area (Å²) < 4.78 is 117. The number of hydrogen-bond donors (Lipinski definition) is 2. The molecule has 2 aromatic carbocycles. The molecule has 44 heavy (non-hydrogen) atoms. The van der Waals surface area contributed by atoms with E-state index in [1.54, 1.807) is 0 Å². The van der Waals surface area contributed by atoms with Gasteiger partial charge in [-0.2, -0.15) is 26.3 Å². The molecule has 0 radical (unpaired) electrons. The first-order valence-corrected chi connectivity index (χ1v) is 13.3. The van der Waals surface area contributed by atoms with Crippen LogP contribution in [0.3, 0.4) is 0 Å². The molecule has 0 aliphatic carbocycles. The number of hydrogen-bond acceptors (Lipinski definition) is 8. The minimum atomic E-state index is -4.93. The standard InChI is InChI=1S/C28H28F8N4O4/c1-13(25(37)39-7-5-15-9-19(29)17(11-21(15)39)27(31,32)33)43-23(41)3-4-24(42)44-14(2)26(38)40-8-6-16-10-20(30)18(12-22(16)40)28(34,35)36/h3-4,9-14,25-26H,5-8,37-38H2,1-2H3/b4-3+/t13?,14?,25-,26-/m0/s1. The lowest BCUT2D eigenvalue weighted by Gasteiger charge is -2.31. The van der Waals surface area contributed by atoms with Crippen LogP contribution in [0, 0.1) is 11.6 Å². The fraction of sp³-hybridized carbons (Fsp3) is 0.429. The number of rotatable bonds is 8. The Hall–Kier alpha value is -3.92. The summed E-state index contributed by atoms with van der Waals surface area (Å²) in [5, 5.41) is 0. The number of carbonyl (C=O) groups is 2. The van der Waals surface area contributed by atoms with Crippen LogP contribution in [0.15, 0.2) is 36.4 Å². The van der Waals surface area contributed by atoms with Gasteiger partial charge in [-0.1, -0.05) is 0 Å². The second-order valence-electron chi connectivity index (χ2n) is 10.4. The van der Waals surface area contributed by atoms with Crippen molar-refractivity contribution in [3.63, 3.8) is 0 Å². The molecular formula is C28H28F8N4O4. The molecule has 2 heterocycles. The van der Waals surface area contributed by atoms with Crippen LogP contribution in [0.25, 0.3) is 0 Å². The van der Waals surface area contributed by atoms with Crippen molar-refractivity contribution in [2.75, 3.05) is 22.9 Å². The van der Waals surface area contributed by atoms with Gasteiger partial charge >= 0.3 is 24.3 Å². The topological polar surface area (TPSA) is 111 Å². The summed E-state index contributed by atoms with van der Waals surface area (Å²) in [6.07, 6.45) is -12.4. The van der Waals surface area contributed by atoms with Gasteiger partial charge in [0.25, 0.3) is 0 Å². The van der Waals surface area contributed by atoms with Crippen LogP contribution >= 0.6 is 0 Å². The van der Waals surface area contributed by atoms with Crippen molar-refractivity contribution in [1.29, 1.82) is 0 Å². The summed E-state index contributed by atoms with van der Waals surface area (Å²) in [7, 11) is 0. The number of fused-ring (bicyclic) bond motifs is 2. The summed E-state index contributed by atoms with van der Waals surface area (Å²) in [5.74, 6) is -4.89. The highest BCUT2D eigenvalue weighted by Gasteiger charge is 2.39. The van der Waals surface area contributed by atoms with Crippen molar-refractivity contribution in [2.24, 2.45) is 11.5 Å². The first-order chi connectivity index (χ1) is 20.4. The van der Waals surface area contributed by atoms with E-state index in [0.29, 0.717) is 23.3 Å². The number of alkyl halides is 6. The van der Waals surface area contributed by atoms with Crippen molar-refractivity contribution >= 4 is 23.3 Å². The molecule has 0 fully saturated rings. The molecule has 0 amide bonds. The fourth-order valence-corrected chi connectivity index (χ4v) is 5.15. The van der Waals surface area contributed by atoms with Gasteiger partial charge in [-0.3, -0.25) is 0 Å². The predicted octanol–water partition coefficient (Wildman–Crippen LogP) is 4.42. The second kappa shape index (κ2) is 12.2.